The van der Waals surface area contributed by atoms with Crippen molar-refractivity contribution in [2.24, 2.45) is 0 Å². The molecule has 0 aliphatic carbocycles. The number of hydrogen-bond acceptors (Lipinski definition) is 5. The number of carboxylic acid groups (broad SMARTS) is 1. The van der Waals surface area contributed by atoms with Gasteiger partial charge in [-0.05, 0) is 25.3 Å². The monoisotopic (exact) mass is 345 g/mol. The minimum Gasteiger partial charge on any atom is -0.480 e. The van der Waals surface area contributed by atoms with Gasteiger partial charge in [-0.2, -0.15) is 0 Å². The van der Waals surface area contributed by atoms with Crippen LogP contribution >= 0.6 is 0 Å². The third-order valence-electron chi connectivity index (χ3n) is 4.32. The lowest BCUT2D eigenvalue weighted by atomic mass is 9.99. The molecule has 0 radical (unpaired) electrons. The molecule has 9 heteroatoms. The average molecular weight is 345 g/mol. The number of likely N-dealkylation sites (tertiary alicyclic amines) is 1. The number of carbonyl (C=O) groups excluding carboxylic acids is 1. The van der Waals surface area contributed by atoms with Gasteiger partial charge in [0.2, 0.25) is 5.56 Å². The molecule has 1 aromatic carbocycles. The number of aliphatic carboxylic acids is 1. The number of fused-ring (bicyclic) bond motifs is 1. The number of non-ortho nitro benzene ring substituents is 1. The third-order valence-corrected chi connectivity index (χ3v) is 4.32. The lowest BCUT2D eigenvalue weighted by Crippen LogP contribution is -2.48. The number of H-pyrrole nitrogens is 1. The quantitative estimate of drug-likeness (QED) is 0.640. The molecule has 3 rings (SSSR count). The van der Waals surface area contributed by atoms with E-state index < -0.39 is 28.4 Å². The van der Waals surface area contributed by atoms with Gasteiger partial charge in [0.1, 0.15) is 6.04 Å². The molecule has 1 aliphatic rings. The molecule has 2 heterocycles. The van der Waals surface area contributed by atoms with Crippen LogP contribution in [0.3, 0.4) is 0 Å². The number of benzene rings is 1. The van der Waals surface area contributed by atoms with Gasteiger partial charge in [-0.3, -0.25) is 19.7 Å². The van der Waals surface area contributed by atoms with Crippen molar-refractivity contribution in [3.05, 3.63) is 50.3 Å². The summed E-state index contributed by atoms with van der Waals surface area (Å²) in [5.74, 6) is -1.71. The standard InChI is InChI=1S/C16H15N3O6/c20-14-8-11(10-7-9(19(24)25)4-5-12(10)17-14)15(21)18-6-2-1-3-13(18)16(22)23/h4-5,7-8,13H,1-3,6H2,(H,17,20)(H,22,23). The van der Waals surface area contributed by atoms with Gasteiger partial charge in [0.05, 0.1) is 10.5 Å². The molecular formula is C16H15N3O6. The number of nitro benzene ring substituents is 1. The largest absolute Gasteiger partial charge is 0.480 e. The zero-order valence-corrected chi connectivity index (χ0v) is 13.1. The summed E-state index contributed by atoms with van der Waals surface area (Å²) in [6.07, 6.45) is 1.70. The Bertz CT molecular complexity index is 935. The lowest BCUT2D eigenvalue weighted by Gasteiger charge is -2.33. The van der Waals surface area contributed by atoms with Crippen molar-refractivity contribution in [1.82, 2.24) is 9.88 Å². The number of aromatic amines is 1. The van der Waals surface area contributed by atoms with Crippen molar-refractivity contribution in [2.75, 3.05) is 6.54 Å². The van der Waals surface area contributed by atoms with E-state index in [0.717, 1.165) is 6.07 Å². The number of amides is 1. The van der Waals surface area contributed by atoms with E-state index in [9.17, 15) is 29.6 Å². The number of piperidine rings is 1. The molecule has 130 valence electrons. The number of nitro groups is 1. The highest BCUT2D eigenvalue weighted by atomic mass is 16.6. The molecule has 1 saturated heterocycles. The fourth-order valence-electron chi connectivity index (χ4n) is 3.12. The predicted molar refractivity (Wildman–Crippen MR) is 87.5 cm³/mol. The van der Waals surface area contributed by atoms with E-state index >= 15 is 0 Å². The first-order valence-corrected chi connectivity index (χ1v) is 7.74. The number of rotatable bonds is 3. The van der Waals surface area contributed by atoms with Crippen LogP contribution in [0.25, 0.3) is 10.9 Å². The van der Waals surface area contributed by atoms with Gasteiger partial charge in [-0.1, -0.05) is 0 Å². The van der Waals surface area contributed by atoms with Gasteiger partial charge < -0.3 is 15.0 Å². The Morgan fingerprint density at radius 3 is 2.72 bits per heavy atom. The van der Waals surface area contributed by atoms with E-state index in [1.807, 2.05) is 0 Å². The zero-order chi connectivity index (χ0) is 18.1. The Morgan fingerprint density at radius 2 is 2.04 bits per heavy atom. The van der Waals surface area contributed by atoms with Gasteiger partial charge in [-0.15, -0.1) is 0 Å². The highest BCUT2D eigenvalue weighted by Crippen LogP contribution is 2.25. The van der Waals surface area contributed by atoms with Crippen molar-refractivity contribution in [2.45, 2.75) is 25.3 Å². The van der Waals surface area contributed by atoms with Crippen LogP contribution in [-0.2, 0) is 4.79 Å². The second-order valence-corrected chi connectivity index (χ2v) is 5.88. The van der Waals surface area contributed by atoms with E-state index in [2.05, 4.69) is 4.98 Å². The second-order valence-electron chi connectivity index (χ2n) is 5.88. The number of nitrogens with zero attached hydrogens (tertiary/aromatic N) is 2. The van der Waals surface area contributed by atoms with Crippen LogP contribution in [0.15, 0.2) is 29.1 Å². The molecule has 25 heavy (non-hydrogen) atoms. The van der Waals surface area contributed by atoms with Crippen LogP contribution in [0.4, 0.5) is 5.69 Å². The minimum absolute atomic E-state index is 0.0319. The van der Waals surface area contributed by atoms with E-state index in [-0.39, 0.29) is 28.7 Å². The van der Waals surface area contributed by atoms with Crippen LogP contribution < -0.4 is 5.56 Å². The summed E-state index contributed by atoms with van der Waals surface area (Å²) in [4.78, 5) is 50.3. The van der Waals surface area contributed by atoms with Crippen LogP contribution in [0, 0.1) is 10.1 Å². The summed E-state index contributed by atoms with van der Waals surface area (Å²) in [6, 6.07) is 3.89. The summed E-state index contributed by atoms with van der Waals surface area (Å²) in [5.41, 5.74) is -0.503. The molecule has 2 aromatic rings. The number of hydrogen-bond donors (Lipinski definition) is 2. The van der Waals surface area contributed by atoms with Crippen LogP contribution in [0.2, 0.25) is 0 Å². The topological polar surface area (TPSA) is 134 Å². The number of nitrogens with one attached hydrogen (secondary N) is 1. The van der Waals surface area contributed by atoms with E-state index in [1.54, 1.807) is 0 Å². The average Bonchev–Trinajstić information content (AvgIpc) is 2.59. The molecular weight excluding hydrogens is 330 g/mol. The van der Waals surface area contributed by atoms with E-state index in [1.165, 1.54) is 23.1 Å². The minimum atomic E-state index is -1.10. The predicted octanol–water partition coefficient (Wildman–Crippen LogP) is 1.52. The molecule has 2 N–H and O–H groups in total. The molecule has 0 bridgehead atoms. The summed E-state index contributed by atoms with van der Waals surface area (Å²) in [6.45, 7) is 0.263. The zero-order valence-electron chi connectivity index (χ0n) is 13.1. The van der Waals surface area contributed by atoms with Crippen molar-refractivity contribution < 1.29 is 19.6 Å². The molecule has 1 fully saturated rings. The van der Waals surface area contributed by atoms with Gasteiger partial charge in [-0.25, -0.2) is 4.79 Å². The maximum atomic E-state index is 12.9. The number of carbonyl (C=O) groups is 2. The van der Waals surface area contributed by atoms with Crippen LogP contribution in [-0.4, -0.2) is 44.4 Å². The second kappa shape index (κ2) is 6.34. The maximum absolute atomic E-state index is 12.9. The first-order chi connectivity index (χ1) is 11.9. The number of carboxylic acids is 1. The highest BCUT2D eigenvalue weighted by Gasteiger charge is 2.33. The smallest absolute Gasteiger partial charge is 0.326 e. The molecule has 1 atom stereocenters. The molecule has 1 aromatic heterocycles. The summed E-state index contributed by atoms with van der Waals surface area (Å²) in [7, 11) is 0. The Morgan fingerprint density at radius 1 is 1.28 bits per heavy atom. The van der Waals surface area contributed by atoms with Gasteiger partial charge in [0, 0.05) is 35.6 Å². The summed E-state index contributed by atoms with van der Waals surface area (Å²) in [5, 5.41) is 20.6. The fraction of sp³-hybridized carbons (Fsp3) is 0.312. The molecule has 1 unspecified atom stereocenters. The number of aromatic nitrogens is 1. The molecule has 0 spiro atoms. The first-order valence-electron chi connectivity index (χ1n) is 7.74. The fourth-order valence-corrected chi connectivity index (χ4v) is 3.12. The van der Waals surface area contributed by atoms with Gasteiger partial charge in [0.25, 0.3) is 11.6 Å². The first kappa shape index (κ1) is 16.6. The van der Waals surface area contributed by atoms with Crippen LogP contribution in [0.1, 0.15) is 29.6 Å². The van der Waals surface area contributed by atoms with Crippen LogP contribution in [0.5, 0.6) is 0 Å². The molecule has 1 aliphatic heterocycles. The Labute approximate surface area is 141 Å². The van der Waals surface area contributed by atoms with Crippen molar-refractivity contribution in [3.63, 3.8) is 0 Å². The summed E-state index contributed by atoms with van der Waals surface area (Å²) < 4.78 is 0. The van der Waals surface area contributed by atoms with Gasteiger partial charge >= 0.3 is 5.97 Å². The van der Waals surface area contributed by atoms with E-state index in [4.69, 9.17) is 0 Å². The Balaban J connectivity index is 2.14. The Kier molecular flexibility index (Phi) is 4.22. The summed E-state index contributed by atoms with van der Waals surface area (Å²) >= 11 is 0. The van der Waals surface area contributed by atoms with Crippen molar-refractivity contribution in [1.29, 1.82) is 0 Å². The molecule has 1 amide bonds. The van der Waals surface area contributed by atoms with E-state index in [0.29, 0.717) is 19.3 Å². The van der Waals surface area contributed by atoms with Crippen molar-refractivity contribution >= 4 is 28.5 Å². The maximum Gasteiger partial charge on any atom is 0.326 e. The molecule has 9 nitrogen and oxygen atoms in total. The lowest BCUT2D eigenvalue weighted by molar-refractivity contribution is -0.384. The third kappa shape index (κ3) is 3.08. The molecule has 0 saturated carbocycles. The SMILES string of the molecule is O=C(O)C1CCCCN1C(=O)c1cc(=O)[nH]c2ccc([N+](=O)[O-])cc12. The highest BCUT2D eigenvalue weighted by molar-refractivity contribution is 6.07. The van der Waals surface area contributed by atoms with Gasteiger partial charge in [0.15, 0.2) is 0 Å². The number of pyridine rings is 1. The van der Waals surface area contributed by atoms with Crippen molar-refractivity contribution in [3.8, 4) is 0 Å². The Hall–Kier alpha value is -3.23. The normalized spacial score (nSPS) is 17.4.